The first-order valence-corrected chi connectivity index (χ1v) is 8.54. The number of hydrogen-bond acceptors (Lipinski definition) is 2. The van der Waals surface area contributed by atoms with Gasteiger partial charge in [0, 0.05) is 27.7 Å². The molecule has 5 heteroatoms. The lowest BCUT2D eigenvalue weighted by Crippen LogP contribution is -2.10. The number of hydrogen-bond donors (Lipinski definition) is 5. The highest BCUT2D eigenvalue weighted by atomic mass is 14.7. The topological polar surface area (TPSA) is 116 Å². The number of aromatic amines is 1. The van der Waals surface area contributed by atoms with E-state index in [0.717, 1.165) is 38.9 Å². The molecular formula is C22H19N5. The van der Waals surface area contributed by atoms with Gasteiger partial charge in [-0.25, -0.2) is 0 Å². The highest BCUT2D eigenvalue weighted by Crippen LogP contribution is 2.29. The Morgan fingerprint density at radius 2 is 1.15 bits per heavy atom. The van der Waals surface area contributed by atoms with Crippen LogP contribution in [0.15, 0.2) is 72.8 Å². The van der Waals surface area contributed by atoms with E-state index in [0.29, 0.717) is 5.56 Å². The molecule has 0 saturated heterocycles. The van der Waals surface area contributed by atoms with Crippen LogP contribution in [0.4, 0.5) is 0 Å². The maximum Gasteiger partial charge on any atom is 0.122 e. The second kappa shape index (κ2) is 6.46. The normalized spacial score (nSPS) is 10.8. The number of amidine groups is 2. The summed E-state index contributed by atoms with van der Waals surface area (Å²) in [6.45, 7) is 0. The SMILES string of the molecule is N=C(N)c1ccc(-c2ccc3[nH]c(-c4ccc(C(=N)N)cc4)cc3c2)cc1. The fourth-order valence-electron chi connectivity index (χ4n) is 3.14. The Hall–Kier alpha value is -3.86. The second-order valence-electron chi connectivity index (χ2n) is 6.47. The van der Waals surface area contributed by atoms with E-state index in [1.165, 1.54) is 0 Å². The molecule has 0 atom stereocenters. The van der Waals surface area contributed by atoms with E-state index >= 15 is 0 Å². The van der Waals surface area contributed by atoms with Gasteiger partial charge in [-0.15, -0.1) is 0 Å². The van der Waals surface area contributed by atoms with Gasteiger partial charge < -0.3 is 16.5 Å². The minimum absolute atomic E-state index is 0.0682. The number of fused-ring (bicyclic) bond motifs is 1. The van der Waals surface area contributed by atoms with Gasteiger partial charge in [0.05, 0.1) is 0 Å². The molecule has 1 heterocycles. The highest BCUT2D eigenvalue weighted by molar-refractivity contribution is 5.96. The number of H-pyrrole nitrogens is 1. The Kier molecular flexibility index (Phi) is 3.97. The lowest BCUT2D eigenvalue weighted by Gasteiger charge is -2.04. The van der Waals surface area contributed by atoms with E-state index in [4.69, 9.17) is 22.3 Å². The molecule has 0 fully saturated rings. The Bertz CT molecular complexity index is 1100. The van der Waals surface area contributed by atoms with Crippen molar-refractivity contribution in [3.05, 3.63) is 83.9 Å². The van der Waals surface area contributed by atoms with Crippen molar-refractivity contribution in [2.45, 2.75) is 0 Å². The zero-order valence-electron chi connectivity index (χ0n) is 14.6. The summed E-state index contributed by atoms with van der Waals surface area (Å²) in [7, 11) is 0. The predicted molar refractivity (Wildman–Crippen MR) is 111 cm³/mol. The molecular weight excluding hydrogens is 334 g/mol. The molecule has 0 aliphatic rings. The van der Waals surface area contributed by atoms with Crippen molar-refractivity contribution in [2.24, 2.45) is 11.5 Å². The molecule has 0 aliphatic heterocycles. The number of benzene rings is 3. The molecule has 0 amide bonds. The summed E-state index contributed by atoms with van der Waals surface area (Å²) in [5.41, 5.74) is 17.8. The zero-order chi connectivity index (χ0) is 19.0. The second-order valence-corrected chi connectivity index (χ2v) is 6.47. The van der Waals surface area contributed by atoms with Crippen LogP contribution in [0, 0.1) is 10.8 Å². The molecule has 1 aromatic heterocycles. The third kappa shape index (κ3) is 3.18. The third-order valence-corrected chi connectivity index (χ3v) is 4.66. The zero-order valence-corrected chi connectivity index (χ0v) is 14.6. The number of nitrogens with one attached hydrogen (secondary N) is 3. The summed E-state index contributed by atoms with van der Waals surface area (Å²) < 4.78 is 0. The molecule has 0 aliphatic carbocycles. The Balaban J connectivity index is 1.69. The smallest absolute Gasteiger partial charge is 0.122 e. The minimum atomic E-state index is 0.0682. The molecule has 4 aromatic rings. The van der Waals surface area contributed by atoms with Gasteiger partial charge in [0.1, 0.15) is 11.7 Å². The van der Waals surface area contributed by atoms with Crippen LogP contribution in [-0.4, -0.2) is 16.7 Å². The van der Waals surface area contributed by atoms with Gasteiger partial charge in [0.2, 0.25) is 0 Å². The van der Waals surface area contributed by atoms with Crippen LogP contribution >= 0.6 is 0 Å². The number of nitrogens with two attached hydrogens (primary N) is 2. The van der Waals surface area contributed by atoms with E-state index < -0.39 is 0 Å². The standard InChI is InChI=1S/C22H19N5/c23-21(24)15-5-1-13(2-6-15)17-9-10-19-18(11-17)12-20(27-19)14-3-7-16(8-4-14)22(25)26/h1-12,27H,(H3,23,24)(H3,25,26). The molecule has 132 valence electrons. The van der Waals surface area contributed by atoms with Gasteiger partial charge >= 0.3 is 0 Å². The van der Waals surface area contributed by atoms with Gasteiger partial charge in [-0.3, -0.25) is 10.8 Å². The van der Waals surface area contributed by atoms with Crippen LogP contribution < -0.4 is 11.5 Å². The van der Waals surface area contributed by atoms with Crippen LogP contribution in [0.3, 0.4) is 0 Å². The van der Waals surface area contributed by atoms with Crippen LogP contribution in [0.5, 0.6) is 0 Å². The molecule has 3 aromatic carbocycles. The number of aromatic nitrogens is 1. The fraction of sp³-hybridized carbons (Fsp3) is 0. The fourth-order valence-corrected chi connectivity index (χ4v) is 3.14. The lowest BCUT2D eigenvalue weighted by atomic mass is 10.0. The summed E-state index contributed by atoms with van der Waals surface area (Å²) in [4.78, 5) is 3.43. The highest BCUT2D eigenvalue weighted by Gasteiger charge is 2.07. The first-order valence-electron chi connectivity index (χ1n) is 8.54. The summed E-state index contributed by atoms with van der Waals surface area (Å²) >= 11 is 0. The monoisotopic (exact) mass is 353 g/mol. The minimum Gasteiger partial charge on any atom is -0.384 e. The Morgan fingerprint density at radius 3 is 1.70 bits per heavy atom. The molecule has 5 nitrogen and oxygen atoms in total. The maximum absolute atomic E-state index is 7.49. The number of rotatable bonds is 4. The summed E-state index contributed by atoms with van der Waals surface area (Å²) in [5, 5.41) is 16.1. The molecule has 4 rings (SSSR count). The third-order valence-electron chi connectivity index (χ3n) is 4.66. The quantitative estimate of drug-likeness (QED) is 0.281. The van der Waals surface area contributed by atoms with Crippen molar-refractivity contribution in [1.29, 1.82) is 10.8 Å². The van der Waals surface area contributed by atoms with E-state index in [1.54, 1.807) is 0 Å². The molecule has 0 unspecified atom stereocenters. The average Bonchev–Trinajstić information content (AvgIpc) is 3.11. The lowest BCUT2D eigenvalue weighted by molar-refractivity contribution is 1.41. The van der Waals surface area contributed by atoms with Gasteiger partial charge in [0.25, 0.3) is 0 Å². The maximum atomic E-state index is 7.49. The van der Waals surface area contributed by atoms with Crippen LogP contribution in [-0.2, 0) is 0 Å². The van der Waals surface area contributed by atoms with Crippen LogP contribution in [0.2, 0.25) is 0 Å². The predicted octanol–water partition coefficient (Wildman–Crippen LogP) is 4.07. The van der Waals surface area contributed by atoms with E-state index in [-0.39, 0.29) is 11.7 Å². The first-order chi connectivity index (χ1) is 13.0. The van der Waals surface area contributed by atoms with Crippen molar-refractivity contribution in [2.75, 3.05) is 0 Å². The molecule has 0 radical (unpaired) electrons. The van der Waals surface area contributed by atoms with Crippen LogP contribution in [0.1, 0.15) is 11.1 Å². The molecule has 7 N–H and O–H groups in total. The van der Waals surface area contributed by atoms with E-state index in [1.807, 2.05) is 48.5 Å². The van der Waals surface area contributed by atoms with Gasteiger partial charge in [-0.05, 0) is 34.9 Å². The van der Waals surface area contributed by atoms with E-state index in [2.05, 4.69) is 29.2 Å². The summed E-state index contributed by atoms with van der Waals surface area (Å²) in [6, 6.07) is 23.7. The molecule has 0 bridgehead atoms. The van der Waals surface area contributed by atoms with Gasteiger partial charge in [-0.2, -0.15) is 0 Å². The average molecular weight is 353 g/mol. The summed E-state index contributed by atoms with van der Waals surface area (Å²) in [6.07, 6.45) is 0. The van der Waals surface area contributed by atoms with Gasteiger partial charge in [0.15, 0.2) is 0 Å². The van der Waals surface area contributed by atoms with Crippen molar-refractivity contribution in [3.8, 4) is 22.4 Å². The molecule has 27 heavy (non-hydrogen) atoms. The Morgan fingerprint density at radius 1 is 0.630 bits per heavy atom. The Labute approximate surface area is 156 Å². The summed E-state index contributed by atoms with van der Waals surface area (Å²) in [5.74, 6) is 0.140. The largest absolute Gasteiger partial charge is 0.384 e. The molecule has 0 saturated carbocycles. The number of nitrogen functional groups attached to an aromatic ring is 2. The van der Waals surface area contributed by atoms with Crippen molar-refractivity contribution in [1.82, 2.24) is 4.98 Å². The first kappa shape index (κ1) is 16.6. The van der Waals surface area contributed by atoms with Crippen molar-refractivity contribution < 1.29 is 0 Å². The van der Waals surface area contributed by atoms with Gasteiger partial charge in [-0.1, -0.05) is 54.6 Å². The van der Waals surface area contributed by atoms with Crippen molar-refractivity contribution >= 4 is 22.6 Å². The molecule has 0 spiro atoms. The van der Waals surface area contributed by atoms with Crippen molar-refractivity contribution in [3.63, 3.8) is 0 Å². The van der Waals surface area contributed by atoms with Crippen LogP contribution in [0.25, 0.3) is 33.3 Å². The van der Waals surface area contributed by atoms with E-state index in [9.17, 15) is 0 Å².